The summed E-state index contributed by atoms with van der Waals surface area (Å²) >= 11 is 3.62. The van der Waals surface area contributed by atoms with E-state index in [9.17, 15) is 5.11 Å². The molecule has 4 nitrogen and oxygen atoms in total. The second-order valence-electron chi connectivity index (χ2n) is 4.62. The van der Waals surface area contributed by atoms with Gasteiger partial charge in [-0.15, -0.1) is 11.8 Å². The summed E-state index contributed by atoms with van der Waals surface area (Å²) < 4.78 is 8.19. The van der Waals surface area contributed by atoms with Gasteiger partial charge in [0.1, 0.15) is 0 Å². The summed E-state index contributed by atoms with van der Waals surface area (Å²) in [5.41, 5.74) is 0. The van der Waals surface area contributed by atoms with Gasteiger partial charge in [-0.1, -0.05) is 11.9 Å². The minimum Gasteiger partial charge on any atom is -0.392 e. The van der Waals surface area contributed by atoms with Crippen molar-refractivity contribution in [1.29, 1.82) is 0 Å². The Labute approximate surface area is 112 Å². The molecule has 0 aromatic carbocycles. The van der Waals surface area contributed by atoms with Gasteiger partial charge in [0.25, 0.3) is 0 Å². The molecule has 17 heavy (non-hydrogen) atoms. The molecule has 2 fully saturated rings. The lowest BCUT2D eigenvalue weighted by atomic mass is 10.3. The molecule has 1 unspecified atom stereocenters. The Morgan fingerprint density at radius 2 is 2.18 bits per heavy atom. The first-order chi connectivity index (χ1) is 8.28. The summed E-state index contributed by atoms with van der Waals surface area (Å²) in [4.78, 5) is 2.29. The maximum absolute atomic E-state index is 9.40. The standard InChI is InChI=1S/C11H22N2O2S2/c1-16-13-5-3-11(7-13)15-9-17-8-12-4-2-10(14)6-12/h10-11,14H,2-9H2,1H3/t10?,11-/m0/s1. The van der Waals surface area contributed by atoms with E-state index in [4.69, 9.17) is 4.74 Å². The van der Waals surface area contributed by atoms with Crippen molar-refractivity contribution in [1.82, 2.24) is 9.21 Å². The molecule has 6 heteroatoms. The summed E-state index contributed by atoms with van der Waals surface area (Å²) in [7, 11) is 0. The quantitative estimate of drug-likeness (QED) is 0.445. The zero-order valence-corrected chi connectivity index (χ0v) is 12.0. The third-order valence-corrected chi connectivity index (χ3v) is 4.97. The van der Waals surface area contributed by atoms with E-state index in [1.807, 2.05) is 11.8 Å². The first-order valence-electron chi connectivity index (χ1n) is 6.16. The van der Waals surface area contributed by atoms with Crippen molar-refractivity contribution in [3.05, 3.63) is 0 Å². The van der Waals surface area contributed by atoms with Crippen molar-refractivity contribution in [2.75, 3.05) is 44.3 Å². The highest BCUT2D eigenvalue weighted by molar-refractivity contribution is 7.99. The van der Waals surface area contributed by atoms with Crippen LogP contribution < -0.4 is 0 Å². The van der Waals surface area contributed by atoms with Gasteiger partial charge in [-0.3, -0.25) is 4.90 Å². The van der Waals surface area contributed by atoms with E-state index in [1.54, 1.807) is 11.9 Å². The topological polar surface area (TPSA) is 35.9 Å². The number of hydrogen-bond acceptors (Lipinski definition) is 6. The third kappa shape index (κ3) is 4.61. The van der Waals surface area contributed by atoms with E-state index in [1.165, 1.54) is 0 Å². The molecule has 0 aromatic rings. The van der Waals surface area contributed by atoms with Crippen molar-refractivity contribution >= 4 is 23.7 Å². The average Bonchev–Trinajstić information content (AvgIpc) is 2.93. The van der Waals surface area contributed by atoms with Crippen LogP contribution in [0.15, 0.2) is 0 Å². The van der Waals surface area contributed by atoms with Gasteiger partial charge in [0.15, 0.2) is 0 Å². The van der Waals surface area contributed by atoms with Crippen molar-refractivity contribution < 1.29 is 9.84 Å². The highest BCUT2D eigenvalue weighted by Crippen LogP contribution is 2.20. The number of likely N-dealkylation sites (tertiary alicyclic amines) is 1. The van der Waals surface area contributed by atoms with Gasteiger partial charge < -0.3 is 9.84 Å². The summed E-state index contributed by atoms with van der Waals surface area (Å²) in [6.07, 6.45) is 4.51. The predicted octanol–water partition coefficient (Wildman–Crippen LogP) is 1.07. The second kappa shape index (κ2) is 7.21. The van der Waals surface area contributed by atoms with Crippen molar-refractivity contribution in [3.63, 3.8) is 0 Å². The van der Waals surface area contributed by atoms with E-state index >= 15 is 0 Å². The van der Waals surface area contributed by atoms with Gasteiger partial charge in [-0.2, -0.15) is 0 Å². The van der Waals surface area contributed by atoms with Crippen molar-refractivity contribution in [2.45, 2.75) is 25.0 Å². The molecule has 1 N–H and O–H groups in total. The molecule has 2 saturated heterocycles. The zero-order chi connectivity index (χ0) is 12.1. The van der Waals surface area contributed by atoms with Crippen molar-refractivity contribution in [3.8, 4) is 0 Å². The van der Waals surface area contributed by atoms with Crippen molar-refractivity contribution in [2.24, 2.45) is 0 Å². The molecule has 0 bridgehead atoms. The Morgan fingerprint density at radius 1 is 1.29 bits per heavy atom. The van der Waals surface area contributed by atoms with E-state index in [2.05, 4.69) is 15.5 Å². The first-order valence-corrected chi connectivity index (χ1v) is 8.50. The molecule has 2 atom stereocenters. The number of β-amino-alcohol motifs (C(OH)–C–C–N with tert-alkyl or cyclic N) is 1. The van der Waals surface area contributed by atoms with Crippen LogP contribution in [0.25, 0.3) is 0 Å². The molecule has 0 amide bonds. The maximum atomic E-state index is 9.40. The molecular formula is C11H22N2O2S2. The molecular weight excluding hydrogens is 256 g/mol. The lowest BCUT2D eigenvalue weighted by Crippen LogP contribution is -2.22. The maximum Gasteiger partial charge on any atom is 0.0938 e. The molecule has 2 aliphatic rings. The Morgan fingerprint density at radius 3 is 2.82 bits per heavy atom. The van der Waals surface area contributed by atoms with Gasteiger partial charge in [0, 0.05) is 32.1 Å². The number of aliphatic hydroxyl groups excluding tert-OH is 1. The van der Waals surface area contributed by atoms with Gasteiger partial charge >= 0.3 is 0 Å². The Hall–Kier alpha value is 0.540. The summed E-state index contributed by atoms with van der Waals surface area (Å²) in [5.74, 6) is 1.76. The zero-order valence-electron chi connectivity index (χ0n) is 10.4. The lowest BCUT2D eigenvalue weighted by Gasteiger charge is -2.16. The molecule has 100 valence electrons. The summed E-state index contributed by atoms with van der Waals surface area (Å²) in [6.45, 7) is 4.06. The Balaban J connectivity index is 1.49. The van der Waals surface area contributed by atoms with Gasteiger partial charge in [0.2, 0.25) is 0 Å². The average molecular weight is 278 g/mol. The van der Waals surface area contributed by atoms with Crippen LogP contribution in [0.2, 0.25) is 0 Å². The summed E-state index contributed by atoms with van der Waals surface area (Å²) in [6, 6.07) is 0. The van der Waals surface area contributed by atoms with Crippen LogP contribution in [-0.4, -0.2) is 70.8 Å². The number of ether oxygens (including phenoxy) is 1. The number of nitrogens with zero attached hydrogens (tertiary/aromatic N) is 2. The second-order valence-corrected chi connectivity index (χ2v) is 6.40. The Kier molecular flexibility index (Phi) is 5.92. The smallest absolute Gasteiger partial charge is 0.0938 e. The fourth-order valence-electron chi connectivity index (χ4n) is 2.24. The van der Waals surface area contributed by atoms with Crippen LogP contribution in [0.3, 0.4) is 0 Å². The number of aliphatic hydroxyl groups is 1. The highest BCUT2D eigenvalue weighted by Gasteiger charge is 2.23. The lowest BCUT2D eigenvalue weighted by molar-refractivity contribution is 0.102. The SMILES string of the molecule is CSN1CC[C@H](OCSCN2CCC(O)C2)C1. The normalized spacial score (nSPS) is 31.4. The van der Waals surface area contributed by atoms with Gasteiger partial charge in [-0.25, -0.2) is 4.31 Å². The van der Waals surface area contributed by atoms with E-state index < -0.39 is 0 Å². The van der Waals surface area contributed by atoms with E-state index in [0.29, 0.717) is 6.10 Å². The van der Waals surface area contributed by atoms with Gasteiger partial charge in [-0.05, 0) is 19.1 Å². The van der Waals surface area contributed by atoms with Crippen LogP contribution in [0.1, 0.15) is 12.8 Å². The first kappa shape index (κ1) is 14.0. The monoisotopic (exact) mass is 278 g/mol. The summed E-state index contributed by atoms with van der Waals surface area (Å²) in [5, 5.41) is 9.40. The fourth-order valence-corrected chi connectivity index (χ4v) is 3.70. The molecule has 0 aromatic heterocycles. The largest absolute Gasteiger partial charge is 0.392 e. The van der Waals surface area contributed by atoms with Crippen LogP contribution in [0.5, 0.6) is 0 Å². The Bertz CT molecular complexity index is 234. The fraction of sp³-hybridized carbons (Fsp3) is 1.00. The third-order valence-electron chi connectivity index (χ3n) is 3.27. The molecule has 2 rings (SSSR count). The molecule has 2 aliphatic heterocycles. The van der Waals surface area contributed by atoms with Crippen LogP contribution in [-0.2, 0) is 4.74 Å². The molecule has 0 radical (unpaired) electrons. The minimum atomic E-state index is -0.110. The van der Waals surface area contributed by atoms with E-state index in [-0.39, 0.29) is 6.10 Å². The molecule has 0 saturated carbocycles. The number of hydrogen-bond donors (Lipinski definition) is 1. The van der Waals surface area contributed by atoms with Gasteiger partial charge in [0.05, 0.1) is 18.1 Å². The van der Waals surface area contributed by atoms with E-state index in [0.717, 1.165) is 50.8 Å². The highest BCUT2D eigenvalue weighted by atomic mass is 32.2. The minimum absolute atomic E-state index is 0.110. The number of thioether (sulfide) groups is 1. The molecule has 2 heterocycles. The molecule has 0 aliphatic carbocycles. The molecule has 0 spiro atoms. The number of rotatable bonds is 6. The predicted molar refractivity (Wildman–Crippen MR) is 74.1 cm³/mol. The van der Waals surface area contributed by atoms with Crippen LogP contribution in [0.4, 0.5) is 0 Å². The van der Waals surface area contributed by atoms with Crippen LogP contribution >= 0.6 is 23.7 Å². The van der Waals surface area contributed by atoms with Crippen LogP contribution in [0, 0.1) is 0 Å².